The summed E-state index contributed by atoms with van der Waals surface area (Å²) in [4.78, 5) is 19.9. The maximum absolute atomic E-state index is 4.50. The number of nitrogens with zero attached hydrogens (tertiary/aromatic N) is 4. The number of nitrogens with one attached hydrogen (secondary N) is 2. The fourth-order valence-electron chi connectivity index (χ4n) is 3.00. The van der Waals surface area contributed by atoms with E-state index < -0.39 is 0 Å². The standard InChI is InChI=1S/C16H18N6S/c1-10(6-11-7-18-4-5-19-11)22-15-14-12-2-3-17-8-13(12)23-16(14)21-9-20-15/h4-5,7,9-10,17H,2-3,6,8H2,1H3,(H,20,21,22). The molecule has 1 atom stereocenters. The molecule has 3 aromatic rings. The van der Waals surface area contributed by atoms with Crippen LogP contribution in [0.1, 0.15) is 23.1 Å². The van der Waals surface area contributed by atoms with E-state index in [4.69, 9.17) is 0 Å². The SMILES string of the molecule is CC(Cc1cnccn1)Nc1ncnc2sc3c(c12)CCNC3. The van der Waals surface area contributed by atoms with E-state index >= 15 is 0 Å². The molecule has 1 aliphatic heterocycles. The molecule has 1 aliphatic rings. The van der Waals surface area contributed by atoms with Gasteiger partial charge in [-0.25, -0.2) is 9.97 Å². The smallest absolute Gasteiger partial charge is 0.138 e. The van der Waals surface area contributed by atoms with Crippen LogP contribution in [0, 0.1) is 0 Å². The number of aromatic nitrogens is 4. The third-order valence-corrected chi connectivity index (χ3v) is 5.16. The Morgan fingerprint density at radius 2 is 2.26 bits per heavy atom. The molecule has 7 heteroatoms. The lowest BCUT2D eigenvalue weighted by molar-refractivity contribution is 0.657. The molecule has 4 rings (SSSR count). The molecule has 0 fully saturated rings. The van der Waals surface area contributed by atoms with Crippen LogP contribution in [0.3, 0.4) is 0 Å². The molecule has 0 saturated heterocycles. The zero-order valence-electron chi connectivity index (χ0n) is 12.9. The van der Waals surface area contributed by atoms with E-state index in [2.05, 4.69) is 37.5 Å². The van der Waals surface area contributed by atoms with Gasteiger partial charge in [0.25, 0.3) is 0 Å². The van der Waals surface area contributed by atoms with Crippen molar-refractivity contribution >= 4 is 27.4 Å². The minimum atomic E-state index is 0.224. The molecule has 23 heavy (non-hydrogen) atoms. The highest BCUT2D eigenvalue weighted by atomic mass is 32.1. The number of hydrogen-bond acceptors (Lipinski definition) is 7. The maximum Gasteiger partial charge on any atom is 0.138 e. The third-order valence-electron chi connectivity index (χ3n) is 4.02. The molecule has 0 spiro atoms. The van der Waals surface area contributed by atoms with Crippen LogP contribution in [-0.2, 0) is 19.4 Å². The monoisotopic (exact) mass is 326 g/mol. The Morgan fingerprint density at radius 3 is 3.13 bits per heavy atom. The summed E-state index contributed by atoms with van der Waals surface area (Å²) in [5, 5.41) is 8.15. The Kier molecular flexibility index (Phi) is 3.88. The van der Waals surface area contributed by atoms with Gasteiger partial charge >= 0.3 is 0 Å². The number of anilines is 1. The van der Waals surface area contributed by atoms with Gasteiger partial charge < -0.3 is 10.6 Å². The van der Waals surface area contributed by atoms with E-state index in [1.165, 1.54) is 15.8 Å². The van der Waals surface area contributed by atoms with Crippen LogP contribution in [0.2, 0.25) is 0 Å². The number of thiophene rings is 1. The normalized spacial score (nSPS) is 15.3. The maximum atomic E-state index is 4.50. The van der Waals surface area contributed by atoms with Crippen LogP contribution >= 0.6 is 11.3 Å². The summed E-state index contributed by atoms with van der Waals surface area (Å²) >= 11 is 1.77. The Bertz CT molecular complexity index is 816. The fraction of sp³-hybridized carbons (Fsp3) is 0.375. The van der Waals surface area contributed by atoms with Gasteiger partial charge in [0.2, 0.25) is 0 Å². The fourth-order valence-corrected chi connectivity index (χ4v) is 4.16. The van der Waals surface area contributed by atoms with E-state index in [0.29, 0.717) is 0 Å². The van der Waals surface area contributed by atoms with Crippen LogP contribution in [0.4, 0.5) is 5.82 Å². The molecule has 0 radical (unpaired) electrons. The molecule has 0 aliphatic carbocycles. The van der Waals surface area contributed by atoms with Crippen molar-refractivity contribution in [2.24, 2.45) is 0 Å². The molecule has 0 aromatic carbocycles. The number of rotatable bonds is 4. The number of hydrogen-bond donors (Lipinski definition) is 2. The van der Waals surface area contributed by atoms with E-state index in [9.17, 15) is 0 Å². The van der Waals surface area contributed by atoms with Crippen LogP contribution in [0.25, 0.3) is 10.2 Å². The van der Waals surface area contributed by atoms with Crippen molar-refractivity contribution in [2.45, 2.75) is 32.4 Å². The molecule has 6 nitrogen and oxygen atoms in total. The average molecular weight is 326 g/mol. The Hall–Kier alpha value is -2.12. The topological polar surface area (TPSA) is 75.6 Å². The van der Waals surface area contributed by atoms with Gasteiger partial charge in [0.15, 0.2) is 0 Å². The summed E-state index contributed by atoms with van der Waals surface area (Å²) < 4.78 is 0. The second-order valence-electron chi connectivity index (χ2n) is 5.78. The predicted octanol–water partition coefficient (Wildman–Crippen LogP) is 2.17. The van der Waals surface area contributed by atoms with Crippen molar-refractivity contribution in [1.82, 2.24) is 25.3 Å². The second kappa shape index (κ2) is 6.17. The second-order valence-corrected chi connectivity index (χ2v) is 6.86. The summed E-state index contributed by atoms with van der Waals surface area (Å²) in [6.45, 7) is 4.09. The molecule has 118 valence electrons. The molecule has 0 amide bonds. The lowest BCUT2D eigenvalue weighted by atomic mass is 10.1. The number of fused-ring (bicyclic) bond motifs is 3. The molecule has 0 bridgehead atoms. The summed E-state index contributed by atoms with van der Waals surface area (Å²) in [7, 11) is 0. The quantitative estimate of drug-likeness (QED) is 0.765. The first kappa shape index (κ1) is 14.5. The van der Waals surface area contributed by atoms with E-state index in [-0.39, 0.29) is 6.04 Å². The van der Waals surface area contributed by atoms with Gasteiger partial charge in [0.05, 0.1) is 11.1 Å². The van der Waals surface area contributed by atoms with Crippen molar-refractivity contribution in [3.05, 3.63) is 41.1 Å². The highest BCUT2D eigenvalue weighted by Crippen LogP contribution is 2.35. The van der Waals surface area contributed by atoms with Gasteiger partial charge in [0.1, 0.15) is 17.0 Å². The van der Waals surface area contributed by atoms with Gasteiger partial charge in [-0.05, 0) is 25.5 Å². The van der Waals surface area contributed by atoms with E-state index in [1.807, 2.05) is 6.20 Å². The minimum Gasteiger partial charge on any atom is -0.367 e. The summed E-state index contributed by atoms with van der Waals surface area (Å²) in [5.74, 6) is 0.936. The first-order valence-electron chi connectivity index (χ1n) is 7.78. The Morgan fingerprint density at radius 1 is 1.30 bits per heavy atom. The lowest BCUT2D eigenvalue weighted by Gasteiger charge is -2.16. The molecule has 4 heterocycles. The van der Waals surface area contributed by atoms with Crippen LogP contribution in [0.15, 0.2) is 24.9 Å². The molecule has 1 unspecified atom stereocenters. The highest BCUT2D eigenvalue weighted by molar-refractivity contribution is 7.18. The predicted molar refractivity (Wildman–Crippen MR) is 91.6 cm³/mol. The van der Waals surface area contributed by atoms with Gasteiger partial charge in [-0.3, -0.25) is 9.97 Å². The van der Waals surface area contributed by atoms with Crippen molar-refractivity contribution in [3.63, 3.8) is 0 Å². The Balaban J connectivity index is 1.62. The first-order chi connectivity index (χ1) is 11.3. The highest BCUT2D eigenvalue weighted by Gasteiger charge is 2.20. The summed E-state index contributed by atoms with van der Waals surface area (Å²) in [6, 6.07) is 0.224. The summed E-state index contributed by atoms with van der Waals surface area (Å²) in [5.41, 5.74) is 2.38. The van der Waals surface area contributed by atoms with Crippen molar-refractivity contribution < 1.29 is 0 Å². The largest absolute Gasteiger partial charge is 0.367 e. The van der Waals surface area contributed by atoms with Crippen LogP contribution in [0.5, 0.6) is 0 Å². The van der Waals surface area contributed by atoms with Gasteiger partial charge in [-0.15, -0.1) is 11.3 Å². The van der Waals surface area contributed by atoms with E-state index in [1.54, 1.807) is 30.1 Å². The average Bonchev–Trinajstić information content (AvgIpc) is 2.95. The van der Waals surface area contributed by atoms with Gasteiger partial charge in [0, 0.05) is 42.5 Å². The van der Waals surface area contributed by atoms with Crippen molar-refractivity contribution in [1.29, 1.82) is 0 Å². The minimum absolute atomic E-state index is 0.224. The van der Waals surface area contributed by atoms with E-state index in [0.717, 1.165) is 42.3 Å². The van der Waals surface area contributed by atoms with Crippen molar-refractivity contribution in [2.75, 3.05) is 11.9 Å². The molecule has 2 N–H and O–H groups in total. The Labute approximate surface area is 138 Å². The zero-order valence-corrected chi connectivity index (χ0v) is 13.7. The van der Waals surface area contributed by atoms with Crippen LogP contribution < -0.4 is 10.6 Å². The molecular weight excluding hydrogens is 308 g/mol. The lowest BCUT2D eigenvalue weighted by Crippen LogP contribution is -2.23. The molecule has 0 saturated carbocycles. The molecular formula is C16H18N6S. The van der Waals surface area contributed by atoms with Crippen molar-refractivity contribution in [3.8, 4) is 0 Å². The zero-order chi connectivity index (χ0) is 15.6. The first-order valence-corrected chi connectivity index (χ1v) is 8.60. The summed E-state index contributed by atoms with van der Waals surface area (Å²) in [6.07, 6.45) is 8.73. The third kappa shape index (κ3) is 2.89. The van der Waals surface area contributed by atoms with Gasteiger partial charge in [-0.2, -0.15) is 0 Å². The molecule has 3 aromatic heterocycles. The van der Waals surface area contributed by atoms with Crippen LogP contribution in [-0.4, -0.2) is 32.5 Å². The van der Waals surface area contributed by atoms with Gasteiger partial charge in [-0.1, -0.05) is 0 Å².